The van der Waals surface area contributed by atoms with Crippen LogP contribution in [0.5, 0.6) is 5.75 Å². The lowest BCUT2D eigenvalue weighted by atomic mass is 9.99. The number of aryl methyl sites for hydroxylation is 3. The molecular weight excluding hydrogens is 196 g/mol. The molecule has 0 aromatic heterocycles. The minimum atomic E-state index is 0.496. The van der Waals surface area contributed by atoms with Gasteiger partial charge in [0.25, 0.3) is 0 Å². The molecule has 1 heteroatoms. The lowest BCUT2D eigenvalue weighted by molar-refractivity contribution is 0.460. The van der Waals surface area contributed by atoms with Gasteiger partial charge in [-0.15, -0.1) is 0 Å². The zero-order valence-corrected chi connectivity index (χ0v) is 11.0. The van der Waals surface area contributed by atoms with Crippen molar-refractivity contribution in [3.63, 3.8) is 0 Å². The highest BCUT2D eigenvalue weighted by molar-refractivity contribution is 5.42. The van der Waals surface area contributed by atoms with E-state index in [1.807, 2.05) is 13.0 Å². The molecule has 1 aromatic carbocycles. The summed E-state index contributed by atoms with van der Waals surface area (Å²) in [6, 6.07) is 4.14. The Hall–Kier alpha value is -0.980. The maximum atomic E-state index is 9.93. The molecule has 0 bridgehead atoms. The van der Waals surface area contributed by atoms with E-state index in [2.05, 4.69) is 26.8 Å². The van der Waals surface area contributed by atoms with Crippen LogP contribution in [0, 0.1) is 19.8 Å². The van der Waals surface area contributed by atoms with Gasteiger partial charge >= 0.3 is 0 Å². The summed E-state index contributed by atoms with van der Waals surface area (Å²) in [5.74, 6) is 1.28. The minimum absolute atomic E-state index is 0.496. The van der Waals surface area contributed by atoms with E-state index >= 15 is 0 Å². The predicted octanol–water partition coefficient (Wildman–Crippen LogP) is 4.38. The summed E-state index contributed by atoms with van der Waals surface area (Å²) in [4.78, 5) is 0. The molecule has 1 nitrogen and oxygen atoms in total. The first-order valence-corrected chi connectivity index (χ1v) is 6.29. The molecule has 0 aliphatic rings. The van der Waals surface area contributed by atoms with Crippen LogP contribution in [0.1, 0.15) is 49.8 Å². The Labute approximate surface area is 99.5 Å². The average Bonchev–Trinajstić information content (AvgIpc) is 2.19. The second-order valence-corrected chi connectivity index (χ2v) is 5.23. The van der Waals surface area contributed by atoms with E-state index in [0.29, 0.717) is 5.75 Å². The Morgan fingerprint density at radius 1 is 1.12 bits per heavy atom. The lowest BCUT2D eigenvalue weighted by Crippen LogP contribution is -1.92. The molecule has 0 aliphatic carbocycles. The number of aromatic hydroxyl groups is 1. The summed E-state index contributed by atoms with van der Waals surface area (Å²) < 4.78 is 0. The van der Waals surface area contributed by atoms with E-state index < -0.39 is 0 Å². The van der Waals surface area contributed by atoms with Crippen LogP contribution in [-0.4, -0.2) is 5.11 Å². The third kappa shape index (κ3) is 3.88. The largest absolute Gasteiger partial charge is 0.507 e. The van der Waals surface area contributed by atoms with Crippen LogP contribution in [0.25, 0.3) is 0 Å². The molecule has 0 amide bonds. The van der Waals surface area contributed by atoms with Crippen LogP contribution in [0.3, 0.4) is 0 Å². The van der Waals surface area contributed by atoms with Gasteiger partial charge in [0.2, 0.25) is 0 Å². The molecule has 0 saturated carbocycles. The summed E-state index contributed by atoms with van der Waals surface area (Å²) >= 11 is 0. The van der Waals surface area contributed by atoms with Crippen molar-refractivity contribution in [3.05, 3.63) is 28.8 Å². The zero-order valence-electron chi connectivity index (χ0n) is 11.0. The number of hydrogen-bond acceptors (Lipinski definition) is 1. The standard InChI is InChI=1S/C15H24O/c1-11(2)7-5-6-8-14-10-12(3)9-13(4)15(14)16/h9-11,16H,5-8H2,1-4H3. The Balaban J connectivity index is 2.53. The molecule has 0 heterocycles. The molecule has 0 unspecified atom stereocenters. The molecule has 0 spiro atoms. The summed E-state index contributed by atoms with van der Waals surface area (Å²) in [5.41, 5.74) is 3.36. The van der Waals surface area contributed by atoms with Gasteiger partial charge in [-0.05, 0) is 43.7 Å². The quantitative estimate of drug-likeness (QED) is 0.730. The summed E-state index contributed by atoms with van der Waals surface area (Å²) in [6.45, 7) is 8.58. The summed E-state index contributed by atoms with van der Waals surface area (Å²) in [7, 11) is 0. The number of unbranched alkanes of at least 4 members (excludes halogenated alkanes) is 1. The molecule has 0 atom stereocenters. The first kappa shape index (κ1) is 13.1. The van der Waals surface area contributed by atoms with E-state index in [9.17, 15) is 5.11 Å². The molecule has 1 aromatic rings. The molecule has 0 radical (unpaired) electrons. The number of hydrogen-bond donors (Lipinski definition) is 1. The summed E-state index contributed by atoms with van der Waals surface area (Å²) in [6.07, 6.45) is 4.71. The van der Waals surface area contributed by atoms with Crippen LogP contribution < -0.4 is 0 Å². The van der Waals surface area contributed by atoms with Crippen molar-refractivity contribution in [3.8, 4) is 5.75 Å². The first-order valence-electron chi connectivity index (χ1n) is 6.29. The van der Waals surface area contributed by atoms with Gasteiger partial charge in [-0.3, -0.25) is 0 Å². The van der Waals surface area contributed by atoms with Crippen LogP contribution in [-0.2, 0) is 6.42 Å². The Kier molecular flexibility index (Phi) is 4.85. The average molecular weight is 220 g/mol. The zero-order chi connectivity index (χ0) is 12.1. The molecular formula is C15H24O. The minimum Gasteiger partial charge on any atom is -0.507 e. The fourth-order valence-corrected chi connectivity index (χ4v) is 2.11. The van der Waals surface area contributed by atoms with Crippen LogP contribution in [0.2, 0.25) is 0 Å². The SMILES string of the molecule is Cc1cc(C)c(O)c(CCCCC(C)C)c1. The third-order valence-corrected chi connectivity index (χ3v) is 3.00. The van der Waals surface area contributed by atoms with Crippen molar-refractivity contribution in [1.29, 1.82) is 0 Å². The predicted molar refractivity (Wildman–Crippen MR) is 70.0 cm³/mol. The van der Waals surface area contributed by atoms with Crippen molar-refractivity contribution in [2.75, 3.05) is 0 Å². The van der Waals surface area contributed by atoms with Crippen LogP contribution >= 0.6 is 0 Å². The van der Waals surface area contributed by atoms with Crippen LogP contribution in [0.15, 0.2) is 12.1 Å². The highest BCUT2D eigenvalue weighted by atomic mass is 16.3. The summed E-state index contributed by atoms with van der Waals surface area (Å²) in [5, 5.41) is 9.93. The molecule has 90 valence electrons. The fraction of sp³-hybridized carbons (Fsp3) is 0.600. The molecule has 0 saturated heterocycles. The van der Waals surface area contributed by atoms with Gasteiger partial charge in [0.15, 0.2) is 0 Å². The van der Waals surface area contributed by atoms with E-state index in [1.165, 1.54) is 24.8 Å². The van der Waals surface area contributed by atoms with Crippen molar-refractivity contribution in [2.24, 2.45) is 5.92 Å². The van der Waals surface area contributed by atoms with Gasteiger partial charge in [0.05, 0.1) is 0 Å². The van der Waals surface area contributed by atoms with Gasteiger partial charge in [-0.1, -0.05) is 44.4 Å². The fourth-order valence-electron chi connectivity index (χ4n) is 2.11. The number of rotatable bonds is 5. The van der Waals surface area contributed by atoms with Gasteiger partial charge < -0.3 is 5.11 Å². The van der Waals surface area contributed by atoms with Gasteiger partial charge in [0, 0.05) is 0 Å². The van der Waals surface area contributed by atoms with Crippen molar-refractivity contribution < 1.29 is 5.11 Å². The highest BCUT2D eigenvalue weighted by Gasteiger charge is 2.05. The number of phenolic OH excluding ortho intramolecular Hbond substituents is 1. The van der Waals surface area contributed by atoms with Crippen molar-refractivity contribution in [2.45, 2.75) is 53.4 Å². The lowest BCUT2D eigenvalue weighted by Gasteiger charge is -2.09. The second kappa shape index (κ2) is 5.93. The van der Waals surface area contributed by atoms with Gasteiger partial charge in [-0.25, -0.2) is 0 Å². The highest BCUT2D eigenvalue weighted by Crippen LogP contribution is 2.25. The Morgan fingerprint density at radius 3 is 2.44 bits per heavy atom. The molecule has 1 rings (SSSR count). The van der Waals surface area contributed by atoms with Crippen LogP contribution in [0.4, 0.5) is 0 Å². The van der Waals surface area contributed by atoms with E-state index in [4.69, 9.17) is 0 Å². The maximum absolute atomic E-state index is 9.93. The third-order valence-electron chi connectivity index (χ3n) is 3.00. The van der Waals surface area contributed by atoms with Crippen molar-refractivity contribution in [1.82, 2.24) is 0 Å². The van der Waals surface area contributed by atoms with E-state index in [1.54, 1.807) is 0 Å². The second-order valence-electron chi connectivity index (χ2n) is 5.23. The molecule has 16 heavy (non-hydrogen) atoms. The topological polar surface area (TPSA) is 20.2 Å². The monoisotopic (exact) mass is 220 g/mol. The first-order chi connectivity index (χ1) is 7.50. The maximum Gasteiger partial charge on any atom is 0.121 e. The molecule has 0 fully saturated rings. The Morgan fingerprint density at radius 2 is 1.81 bits per heavy atom. The number of benzene rings is 1. The molecule has 0 aliphatic heterocycles. The Bertz CT molecular complexity index is 340. The van der Waals surface area contributed by atoms with Gasteiger partial charge in [0.1, 0.15) is 5.75 Å². The van der Waals surface area contributed by atoms with E-state index in [0.717, 1.165) is 23.5 Å². The smallest absolute Gasteiger partial charge is 0.121 e. The normalized spacial score (nSPS) is 11.1. The van der Waals surface area contributed by atoms with E-state index in [-0.39, 0.29) is 0 Å². The van der Waals surface area contributed by atoms with Crippen molar-refractivity contribution >= 4 is 0 Å². The number of phenols is 1. The van der Waals surface area contributed by atoms with Gasteiger partial charge in [-0.2, -0.15) is 0 Å². The molecule has 1 N–H and O–H groups in total.